The van der Waals surface area contributed by atoms with Crippen LogP contribution in [0.15, 0.2) is 12.2 Å². The van der Waals surface area contributed by atoms with Crippen LogP contribution in [0.5, 0.6) is 0 Å². The fourth-order valence-electron chi connectivity index (χ4n) is 10.5. The van der Waals surface area contributed by atoms with E-state index in [1.165, 1.54) is 0 Å². The molecule has 13 heteroatoms. The highest BCUT2D eigenvalue weighted by molar-refractivity contribution is 5.77. The van der Waals surface area contributed by atoms with Crippen molar-refractivity contribution < 1.29 is 64.6 Å². The van der Waals surface area contributed by atoms with Gasteiger partial charge in [-0.3, -0.25) is 4.79 Å². The van der Waals surface area contributed by atoms with Crippen molar-refractivity contribution >= 4 is 5.97 Å². The van der Waals surface area contributed by atoms with Gasteiger partial charge in [0.25, 0.3) is 0 Å². The van der Waals surface area contributed by atoms with E-state index in [4.69, 9.17) is 18.9 Å². The number of aliphatic hydroxyl groups is 8. The Morgan fingerprint density at radius 1 is 0.800 bits per heavy atom. The summed E-state index contributed by atoms with van der Waals surface area (Å²) in [6, 6.07) is 0. The molecule has 6 aliphatic rings. The molecule has 4 saturated carbocycles. The molecular formula is C32H50O13. The van der Waals surface area contributed by atoms with Crippen molar-refractivity contribution in [2.24, 2.45) is 28.1 Å². The maximum Gasteiger partial charge on any atom is 0.314 e. The Labute approximate surface area is 262 Å². The topological polar surface area (TPSA) is 216 Å². The number of carbonyl (C=O) groups is 1. The summed E-state index contributed by atoms with van der Waals surface area (Å²) < 4.78 is 23.4. The van der Waals surface area contributed by atoms with Crippen molar-refractivity contribution in [1.82, 2.24) is 0 Å². The lowest BCUT2D eigenvalue weighted by Crippen LogP contribution is -2.63. The zero-order valence-electron chi connectivity index (χ0n) is 26.0. The molecule has 4 aliphatic carbocycles. The molecule has 2 aliphatic heterocycles. The van der Waals surface area contributed by atoms with E-state index in [0.717, 1.165) is 37.7 Å². The summed E-state index contributed by atoms with van der Waals surface area (Å²) in [5.41, 5.74) is -1.20. The second kappa shape index (κ2) is 11.7. The van der Waals surface area contributed by atoms with Gasteiger partial charge in [-0.15, -0.1) is 0 Å². The van der Waals surface area contributed by atoms with Gasteiger partial charge in [0.15, 0.2) is 6.29 Å². The van der Waals surface area contributed by atoms with E-state index in [2.05, 4.69) is 13.5 Å². The zero-order valence-corrected chi connectivity index (χ0v) is 26.0. The molecule has 16 atom stereocenters. The van der Waals surface area contributed by atoms with Gasteiger partial charge in [-0.25, -0.2) is 0 Å². The van der Waals surface area contributed by atoms with Gasteiger partial charge < -0.3 is 59.8 Å². The van der Waals surface area contributed by atoms with Crippen LogP contribution in [-0.4, -0.2) is 127 Å². The van der Waals surface area contributed by atoms with Crippen LogP contribution in [0.2, 0.25) is 0 Å². The SMILES string of the molecule is C=C1C[C@@]23CC[C@@H]4[C@](C)(CCC[C@]4(C)C(=O)O[C@H]4O[C@@H](CO)[C@H](O)[C@@H](O)[C@@H]4O)[C@H]2CCC1(O[C@H]1O[C@@H](CO)[C@H](O)[C@@H](O)[C@@H]1O)C3. The van der Waals surface area contributed by atoms with Gasteiger partial charge in [0.1, 0.15) is 48.8 Å². The first-order valence-electron chi connectivity index (χ1n) is 16.3. The van der Waals surface area contributed by atoms with Crippen LogP contribution in [0.4, 0.5) is 0 Å². The average Bonchev–Trinajstić information content (AvgIpc) is 3.20. The van der Waals surface area contributed by atoms with E-state index in [9.17, 15) is 45.6 Å². The monoisotopic (exact) mass is 642 g/mol. The lowest BCUT2D eigenvalue weighted by Gasteiger charge is -2.64. The highest BCUT2D eigenvalue weighted by Gasteiger charge is 2.69. The Balaban J connectivity index is 1.20. The molecule has 0 aromatic carbocycles. The van der Waals surface area contributed by atoms with Crippen molar-refractivity contribution in [2.45, 2.75) is 139 Å². The minimum atomic E-state index is -1.67. The standard InChI is InChI=1S/C32H50O13/c1-15-11-31-9-5-18-29(2,7-4-8-30(18,3)28(41)44-26-24(39)22(37)20(35)16(12-33)42-26)19(31)6-10-32(15,14-31)45-27-25(40)23(38)21(36)17(13-34)43-27/h16-27,33-40H,1,4-14H2,2-3H3/t16-,17-,18+,19+,20-,21-,22+,23+,24-,25-,26+,27+,29-,30-,31+,32?/m0/s1. The van der Waals surface area contributed by atoms with Crippen molar-refractivity contribution in [3.05, 3.63) is 12.2 Å². The fraction of sp³-hybridized carbons (Fsp3) is 0.906. The van der Waals surface area contributed by atoms with E-state index < -0.39 is 91.6 Å². The Kier molecular flexibility index (Phi) is 8.77. The molecule has 0 amide bonds. The lowest BCUT2D eigenvalue weighted by atomic mass is 9.41. The third-order valence-electron chi connectivity index (χ3n) is 12.9. The quantitative estimate of drug-likeness (QED) is 0.102. The maximum absolute atomic E-state index is 13.9. The van der Waals surface area contributed by atoms with Crippen molar-refractivity contribution in [3.63, 3.8) is 0 Å². The van der Waals surface area contributed by atoms with Gasteiger partial charge in [-0.1, -0.05) is 19.9 Å². The summed E-state index contributed by atoms with van der Waals surface area (Å²) in [5, 5.41) is 81.4. The number of hydrogen-bond acceptors (Lipinski definition) is 13. The Hall–Kier alpha value is -1.23. The first kappa shape index (κ1) is 33.7. The molecule has 0 aromatic heterocycles. The smallest absolute Gasteiger partial charge is 0.314 e. The molecule has 8 N–H and O–H groups in total. The van der Waals surface area contributed by atoms with Gasteiger partial charge in [0.05, 0.1) is 24.2 Å². The Morgan fingerprint density at radius 3 is 2.00 bits per heavy atom. The largest absolute Gasteiger partial charge is 0.432 e. The second-order valence-corrected chi connectivity index (χ2v) is 15.2. The predicted octanol–water partition coefficient (Wildman–Crippen LogP) is -0.762. The normalized spacial score (nSPS) is 54.7. The number of hydrogen-bond donors (Lipinski definition) is 8. The molecule has 1 unspecified atom stereocenters. The Morgan fingerprint density at radius 2 is 1.38 bits per heavy atom. The van der Waals surface area contributed by atoms with Crippen LogP contribution in [0.3, 0.4) is 0 Å². The first-order valence-corrected chi connectivity index (χ1v) is 16.3. The van der Waals surface area contributed by atoms with Gasteiger partial charge >= 0.3 is 5.97 Å². The number of aliphatic hydroxyl groups excluding tert-OH is 8. The van der Waals surface area contributed by atoms with Gasteiger partial charge in [0.2, 0.25) is 6.29 Å². The molecule has 0 radical (unpaired) electrons. The van der Waals surface area contributed by atoms with Crippen molar-refractivity contribution in [3.8, 4) is 0 Å². The number of rotatable bonds is 6. The zero-order chi connectivity index (χ0) is 32.7. The summed E-state index contributed by atoms with van der Waals surface area (Å²) in [6.07, 6.45) is -7.82. The minimum Gasteiger partial charge on any atom is -0.432 e. The van der Waals surface area contributed by atoms with E-state index in [1.54, 1.807) is 0 Å². The average molecular weight is 643 g/mol. The summed E-state index contributed by atoms with van der Waals surface area (Å²) in [5.74, 6) is -0.348. The van der Waals surface area contributed by atoms with E-state index in [0.29, 0.717) is 25.7 Å². The van der Waals surface area contributed by atoms with E-state index >= 15 is 0 Å². The summed E-state index contributed by atoms with van der Waals surface area (Å²) >= 11 is 0. The third kappa shape index (κ3) is 5.04. The summed E-state index contributed by atoms with van der Waals surface area (Å²) in [6.45, 7) is 7.41. The molecular weight excluding hydrogens is 592 g/mol. The summed E-state index contributed by atoms with van der Waals surface area (Å²) in [4.78, 5) is 13.9. The van der Waals surface area contributed by atoms with E-state index in [-0.39, 0.29) is 22.7 Å². The molecule has 2 heterocycles. The Bertz CT molecular complexity index is 1150. The van der Waals surface area contributed by atoms with Crippen molar-refractivity contribution in [2.75, 3.05) is 13.2 Å². The molecule has 2 saturated heterocycles. The third-order valence-corrected chi connectivity index (χ3v) is 12.9. The van der Waals surface area contributed by atoms with Crippen LogP contribution in [0, 0.1) is 28.1 Å². The van der Waals surface area contributed by atoms with Gasteiger partial charge in [-0.2, -0.15) is 0 Å². The minimum absolute atomic E-state index is 0.0421. The number of esters is 1. The number of ether oxygens (including phenoxy) is 4. The molecule has 6 fully saturated rings. The molecule has 6 rings (SSSR count). The maximum atomic E-state index is 13.9. The van der Waals surface area contributed by atoms with Gasteiger partial charge in [-0.05, 0) is 86.5 Å². The van der Waals surface area contributed by atoms with Crippen LogP contribution in [0.25, 0.3) is 0 Å². The van der Waals surface area contributed by atoms with Gasteiger partial charge in [0, 0.05) is 0 Å². The number of carbonyl (C=O) groups excluding carboxylic acids is 1. The van der Waals surface area contributed by atoms with Crippen LogP contribution >= 0.6 is 0 Å². The van der Waals surface area contributed by atoms with Crippen LogP contribution < -0.4 is 0 Å². The second-order valence-electron chi connectivity index (χ2n) is 15.2. The molecule has 2 bridgehead atoms. The molecule has 1 spiro atoms. The molecule has 13 nitrogen and oxygen atoms in total. The van der Waals surface area contributed by atoms with Crippen LogP contribution in [0.1, 0.15) is 71.6 Å². The fourth-order valence-corrected chi connectivity index (χ4v) is 10.5. The molecule has 0 aromatic rings. The molecule has 256 valence electrons. The highest BCUT2D eigenvalue weighted by atomic mass is 16.7. The number of fused-ring (bicyclic) bond motifs is 3. The highest BCUT2D eigenvalue weighted by Crippen LogP contribution is 2.73. The summed E-state index contributed by atoms with van der Waals surface area (Å²) in [7, 11) is 0. The van der Waals surface area contributed by atoms with Crippen molar-refractivity contribution in [1.29, 1.82) is 0 Å². The first-order chi connectivity index (χ1) is 21.2. The lowest BCUT2D eigenvalue weighted by molar-refractivity contribution is -0.327. The van der Waals surface area contributed by atoms with E-state index in [1.807, 2.05) is 6.92 Å². The predicted molar refractivity (Wildman–Crippen MR) is 154 cm³/mol. The molecule has 45 heavy (non-hydrogen) atoms. The van der Waals surface area contributed by atoms with Crippen LogP contribution in [-0.2, 0) is 23.7 Å².